The van der Waals surface area contributed by atoms with Gasteiger partial charge in [-0.15, -0.1) is 0 Å². The molecule has 19 heavy (non-hydrogen) atoms. The largest absolute Gasteiger partial charge is 0.288 e. The molecule has 0 rings (SSSR count). The van der Waals surface area contributed by atoms with Crippen LogP contribution < -0.4 is 0 Å². The van der Waals surface area contributed by atoms with E-state index in [1.54, 1.807) is 6.92 Å². The lowest BCUT2D eigenvalue weighted by Crippen LogP contribution is -2.03. The second kappa shape index (κ2) is 14.3. The van der Waals surface area contributed by atoms with Gasteiger partial charge in [-0.05, 0) is 12.8 Å². The Morgan fingerprint density at radius 2 is 1.58 bits per heavy atom. The van der Waals surface area contributed by atoms with Crippen LogP contribution in [0.15, 0.2) is 0 Å². The van der Waals surface area contributed by atoms with E-state index in [2.05, 4.69) is 18.0 Å². The maximum atomic E-state index is 10.4. The molecule has 0 aromatic rings. The van der Waals surface area contributed by atoms with E-state index in [0.29, 0.717) is 6.61 Å². The Morgan fingerprint density at radius 1 is 1.05 bits per heavy atom. The van der Waals surface area contributed by atoms with Crippen molar-refractivity contribution in [2.24, 2.45) is 0 Å². The highest BCUT2D eigenvalue weighted by Crippen LogP contribution is 2.05. The van der Waals surface area contributed by atoms with Crippen LogP contribution in [0.2, 0.25) is 0 Å². The lowest BCUT2D eigenvalue weighted by atomic mass is 10.3. The van der Waals surface area contributed by atoms with Gasteiger partial charge in [0.2, 0.25) is 0 Å². The van der Waals surface area contributed by atoms with Crippen molar-refractivity contribution in [2.45, 2.75) is 59.3 Å². The van der Waals surface area contributed by atoms with E-state index in [0.717, 1.165) is 31.3 Å². The van der Waals surface area contributed by atoms with Gasteiger partial charge in [0, 0.05) is 12.7 Å². The standard InChI is InChI=1S/C7H14OS.C6H14O3S/c1-3-4-5-6-9-7(2)8;1-3-4-5-6-9-10(2,7)8/h3-6H2,1-2H3;3-6H2,1-2H3. The summed E-state index contributed by atoms with van der Waals surface area (Å²) in [6.07, 6.45) is 7.66. The van der Waals surface area contributed by atoms with E-state index in [4.69, 9.17) is 0 Å². The van der Waals surface area contributed by atoms with Gasteiger partial charge in [-0.1, -0.05) is 51.3 Å². The van der Waals surface area contributed by atoms with Crippen molar-refractivity contribution in [1.82, 2.24) is 0 Å². The van der Waals surface area contributed by atoms with Crippen LogP contribution in [0.4, 0.5) is 0 Å². The highest BCUT2D eigenvalue weighted by Gasteiger charge is 1.98. The van der Waals surface area contributed by atoms with Gasteiger partial charge in [0.1, 0.15) is 0 Å². The van der Waals surface area contributed by atoms with Crippen LogP contribution in [0.1, 0.15) is 59.3 Å². The molecule has 116 valence electrons. The van der Waals surface area contributed by atoms with Crippen molar-refractivity contribution in [3.8, 4) is 0 Å². The van der Waals surface area contributed by atoms with Gasteiger partial charge >= 0.3 is 0 Å². The molecule has 0 saturated heterocycles. The zero-order valence-corrected chi connectivity index (χ0v) is 14.2. The molecule has 0 heterocycles. The van der Waals surface area contributed by atoms with E-state index in [9.17, 15) is 13.2 Å². The molecule has 0 aromatic carbocycles. The summed E-state index contributed by atoms with van der Waals surface area (Å²) in [5.74, 6) is 1.00. The maximum absolute atomic E-state index is 10.4. The number of carbonyl (C=O) groups is 1. The van der Waals surface area contributed by atoms with E-state index in [1.807, 2.05) is 0 Å². The second-order valence-electron chi connectivity index (χ2n) is 4.28. The summed E-state index contributed by atoms with van der Waals surface area (Å²) in [4.78, 5) is 10.4. The average Bonchev–Trinajstić information content (AvgIpc) is 2.30. The van der Waals surface area contributed by atoms with Gasteiger partial charge in [0.25, 0.3) is 10.1 Å². The number of unbranched alkanes of at least 4 members (excludes halogenated alkanes) is 4. The van der Waals surface area contributed by atoms with Crippen LogP contribution in [-0.2, 0) is 19.1 Å². The molecule has 6 heteroatoms. The summed E-state index contributed by atoms with van der Waals surface area (Å²) in [6, 6.07) is 0. The van der Waals surface area contributed by atoms with Crippen LogP contribution in [-0.4, -0.2) is 32.1 Å². The van der Waals surface area contributed by atoms with Crippen LogP contribution >= 0.6 is 11.8 Å². The van der Waals surface area contributed by atoms with Crippen molar-refractivity contribution in [2.75, 3.05) is 18.6 Å². The van der Waals surface area contributed by atoms with E-state index >= 15 is 0 Å². The van der Waals surface area contributed by atoms with Crippen LogP contribution in [0, 0.1) is 0 Å². The Balaban J connectivity index is 0. The van der Waals surface area contributed by atoms with Crippen LogP contribution in [0.25, 0.3) is 0 Å². The summed E-state index contributed by atoms with van der Waals surface area (Å²) in [7, 11) is -3.20. The number of rotatable bonds is 9. The van der Waals surface area contributed by atoms with Crippen LogP contribution in [0.3, 0.4) is 0 Å². The van der Waals surface area contributed by atoms with Gasteiger partial charge in [-0.2, -0.15) is 8.42 Å². The predicted molar refractivity (Wildman–Crippen MR) is 83.0 cm³/mol. The Morgan fingerprint density at radius 3 is 2.00 bits per heavy atom. The number of hydrogen-bond acceptors (Lipinski definition) is 5. The zero-order valence-electron chi connectivity index (χ0n) is 12.6. The summed E-state index contributed by atoms with van der Waals surface area (Å²) < 4.78 is 25.2. The molecule has 0 radical (unpaired) electrons. The first-order chi connectivity index (χ1) is 8.83. The minimum atomic E-state index is -3.20. The highest BCUT2D eigenvalue weighted by atomic mass is 32.2. The second-order valence-corrected chi connectivity index (χ2v) is 7.20. The minimum absolute atomic E-state index is 0.242. The quantitative estimate of drug-likeness (QED) is 0.481. The van der Waals surface area contributed by atoms with E-state index < -0.39 is 10.1 Å². The normalized spacial score (nSPS) is 10.7. The fraction of sp³-hybridized carbons (Fsp3) is 0.923. The Hall–Kier alpha value is -0.0700. The third-order valence-corrected chi connectivity index (χ3v) is 3.59. The molecular weight excluding hydrogens is 284 g/mol. The minimum Gasteiger partial charge on any atom is -0.288 e. The zero-order chi connectivity index (χ0) is 15.1. The topological polar surface area (TPSA) is 60.4 Å². The number of thioether (sulfide) groups is 1. The molecule has 0 aromatic heterocycles. The van der Waals surface area contributed by atoms with Crippen LogP contribution in [0.5, 0.6) is 0 Å². The van der Waals surface area contributed by atoms with Gasteiger partial charge in [0.15, 0.2) is 5.12 Å². The average molecular weight is 312 g/mol. The molecule has 0 spiro atoms. The van der Waals surface area contributed by atoms with Gasteiger partial charge in [-0.25, -0.2) is 0 Å². The monoisotopic (exact) mass is 312 g/mol. The summed E-state index contributed by atoms with van der Waals surface area (Å²) >= 11 is 1.43. The summed E-state index contributed by atoms with van der Waals surface area (Å²) in [5, 5.41) is 0.242. The van der Waals surface area contributed by atoms with Crippen molar-refractivity contribution in [1.29, 1.82) is 0 Å². The smallest absolute Gasteiger partial charge is 0.264 e. The Labute approximate surface area is 122 Å². The Kier molecular flexibility index (Phi) is 16.0. The molecule has 0 unspecified atom stereocenters. The predicted octanol–water partition coefficient (Wildman–Crippen LogP) is 3.61. The van der Waals surface area contributed by atoms with Gasteiger partial charge < -0.3 is 0 Å². The first kappa shape index (κ1) is 21.2. The molecule has 0 amide bonds. The molecule has 0 fully saturated rings. The first-order valence-electron chi connectivity index (χ1n) is 6.81. The summed E-state index contributed by atoms with van der Waals surface area (Å²) in [6.45, 7) is 6.17. The molecular formula is C13H28O4S2. The lowest BCUT2D eigenvalue weighted by Gasteiger charge is -1.98. The van der Waals surface area contributed by atoms with Gasteiger partial charge in [0.05, 0.1) is 12.9 Å². The molecule has 0 bridgehead atoms. The molecule has 0 aliphatic heterocycles. The number of carbonyl (C=O) groups excluding carboxylic acids is 1. The van der Waals surface area contributed by atoms with Crippen molar-refractivity contribution in [3.63, 3.8) is 0 Å². The lowest BCUT2D eigenvalue weighted by molar-refractivity contribution is -0.109. The number of hydrogen-bond donors (Lipinski definition) is 0. The van der Waals surface area contributed by atoms with E-state index in [1.165, 1.54) is 31.0 Å². The van der Waals surface area contributed by atoms with Crippen molar-refractivity contribution in [3.05, 3.63) is 0 Å². The molecule has 4 nitrogen and oxygen atoms in total. The third kappa shape index (κ3) is 27.2. The van der Waals surface area contributed by atoms with Crippen molar-refractivity contribution < 1.29 is 17.4 Å². The fourth-order valence-corrected chi connectivity index (χ4v) is 2.19. The fourth-order valence-electron chi connectivity index (χ4n) is 1.13. The third-order valence-electron chi connectivity index (χ3n) is 2.10. The molecule has 0 N–H and O–H groups in total. The van der Waals surface area contributed by atoms with E-state index in [-0.39, 0.29) is 5.12 Å². The SMILES string of the molecule is CCCCCOS(C)(=O)=O.CCCCCSC(C)=O. The molecule has 0 atom stereocenters. The first-order valence-corrected chi connectivity index (χ1v) is 9.61. The molecule has 0 saturated carbocycles. The highest BCUT2D eigenvalue weighted by molar-refractivity contribution is 8.13. The Bertz CT molecular complexity index is 300. The van der Waals surface area contributed by atoms with Gasteiger partial charge in [-0.3, -0.25) is 8.98 Å². The summed E-state index contributed by atoms with van der Waals surface area (Å²) in [5.41, 5.74) is 0. The van der Waals surface area contributed by atoms with Crippen molar-refractivity contribution >= 4 is 27.0 Å². The molecule has 0 aliphatic carbocycles. The molecule has 0 aliphatic rings. The maximum Gasteiger partial charge on any atom is 0.264 e.